The van der Waals surface area contributed by atoms with Crippen LogP contribution in [0.25, 0.3) is 11.2 Å². The van der Waals surface area contributed by atoms with Gasteiger partial charge < -0.3 is 4.98 Å². The number of fused-ring (bicyclic) bond motifs is 1. The highest BCUT2D eigenvalue weighted by Crippen LogP contribution is 2.41. The van der Waals surface area contributed by atoms with E-state index in [1.54, 1.807) is 6.20 Å². The minimum Gasteiger partial charge on any atom is -0.303 e. The first-order valence-corrected chi connectivity index (χ1v) is 7.37. The zero-order valence-corrected chi connectivity index (χ0v) is 12.4. The second kappa shape index (κ2) is 4.72. The van der Waals surface area contributed by atoms with Gasteiger partial charge in [0.25, 0.3) is 0 Å². The fourth-order valence-corrected chi connectivity index (χ4v) is 3.41. The first kappa shape index (κ1) is 13.3. The molecule has 0 atom stereocenters. The van der Waals surface area contributed by atoms with Gasteiger partial charge in [0.1, 0.15) is 11.8 Å². The molecule has 2 aromatic heterocycles. The zero-order valence-electron chi connectivity index (χ0n) is 12.4. The Hall–Kier alpha value is -1.65. The van der Waals surface area contributed by atoms with Gasteiger partial charge in [-0.15, -0.1) is 0 Å². The van der Waals surface area contributed by atoms with Crippen molar-refractivity contribution in [3.63, 3.8) is 0 Å². The fraction of sp³-hybridized carbons (Fsp3) is 0.667. The number of aromatic amines is 1. The van der Waals surface area contributed by atoms with E-state index in [2.05, 4.69) is 35.7 Å². The first-order valence-electron chi connectivity index (χ1n) is 7.37. The molecule has 1 N–H and O–H groups in total. The van der Waals surface area contributed by atoms with E-state index in [0.29, 0.717) is 5.41 Å². The molecule has 0 aromatic carbocycles. The van der Waals surface area contributed by atoms with E-state index in [1.807, 2.05) is 4.57 Å². The molecule has 0 unspecified atom stereocenters. The molecule has 5 nitrogen and oxygen atoms in total. The summed E-state index contributed by atoms with van der Waals surface area (Å²) in [6.07, 6.45) is 7.64. The summed E-state index contributed by atoms with van der Waals surface area (Å²) in [4.78, 5) is 23.2. The minimum absolute atomic E-state index is 0.0558. The summed E-state index contributed by atoms with van der Waals surface area (Å²) in [5.74, 6) is 0.745. The van der Waals surface area contributed by atoms with Crippen LogP contribution in [0.4, 0.5) is 0 Å². The van der Waals surface area contributed by atoms with Crippen molar-refractivity contribution in [1.29, 1.82) is 0 Å². The molecule has 20 heavy (non-hydrogen) atoms. The third kappa shape index (κ3) is 2.25. The minimum atomic E-state index is -0.0558. The number of nitrogens with zero attached hydrogens (tertiary/aromatic N) is 3. The van der Waals surface area contributed by atoms with E-state index in [1.165, 1.54) is 19.2 Å². The monoisotopic (exact) mass is 274 g/mol. The lowest BCUT2D eigenvalue weighted by molar-refractivity contribution is 0.152. The summed E-state index contributed by atoms with van der Waals surface area (Å²) in [6.45, 7) is 6.93. The van der Waals surface area contributed by atoms with Gasteiger partial charge in [-0.05, 0) is 37.0 Å². The standard InChI is InChI=1S/C15H22N4O/c1-15(2,3)10-4-6-11(7-5-10)19-13-12(18-14(19)20)8-16-9-17-13/h8-11H,4-7H2,1-3H3,(H,18,20). The van der Waals surface area contributed by atoms with Crippen molar-refractivity contribution in [1.82, 2.24) is 19.5 Å². The van der Waals surface area contributed by atoms with E-state index in [9.17, 15) is 4.79 Å². The number of imidazole rings is 1. The van der Waals surface area contributed by atoms with Gasteiger partial charge in [0.05, 0.1) is 6.20 Å². The number of aromatic nitrogens is 4. The maximum atomic E-state index is 12.2. The fourth-order valence-electron chi connectivity index (χ4n) is 3.41. The molecule has 108 valence electrons. The van der Waals surface area contributed by atoms with Crippen LogP contribution >= 0.6 is 0 Å². The Morgan fingerprint density at radius 3 is 2.60 bits per heavy atom. The Bertz CT molecular complexity index is 656. The molecule has 2 heterocycles. The molecule has 3 rings (SSSR count). The molecule has 1 aliphatic rings. The third-order valence-electron chi connectivity index (χ3n) is 4.67. The lowest BCUT2D eigenvalue weighted by Crippen LogP contribution is -2.30. The lowest BCUT2D eigenvalue weighted by Gasteiger charge is -2.37. The van der Waals surface area contributed by atoms with Crippen LogP contribution in [0, 0.1) is 11.3 Å². The quantitative estimate of drug-likeness (QED) is 0.869. The van der Waals surface area contributed by atoms with Crippen LogP contribution in [0.15, 0.2) is 17.3 Å². The summed E-state index contributed by atoms with van der Waals surface area (Å²) in [6, 6.07) is 0.268. The van der Waals surface area contributed by atoms with Crippen LogP contribution < -0.4 is 5.69 Å². The van der Waals surface area contributed by atoms with Gasteiger partial charge in [-0.25, -0.2) is 14.8 Å². The van der Waals surface area contributed by atoms with Gasteiger partial charge in [-0.2, -0.15) is 0 Å². The highest BCUT2D eigenvalue weighted by atomic mass is 16.1. The number of rotatable bonds is 1. The summed E-state index contributed by atoms with van der Waals surface area (Å²) < 4.78 is 1.83. The smallest absolute Gasteiger partial charge is 0.303 e. The van der Waals surface area contributed by atoms with E-state index < -0.39 is 0 Å². The van der Waals surface area contributed by atoms with Gasteiger partial charge in [0, 0.05) is 6.04 Å². The molecule has 1 aliphatic carbocycles. The summed E-state index contributed by atoms with van der Waals surface area (Å²) in [5.41, 5.74) is 1.78. The largest absolute Gasteiger partial charge is 0.327 e. The number of hydrogen-bond donors (Lipinski definition) is 1. The Balaban J connectivity index is 1.87. The van der Waals surface area contributed by atoms with Gasteiger partial charge >= 0.3 is 5.69 Å². The molecule has 1 saturated carbocycles. The van der Waals surface area contributed by atoms with E-state index in [-0.39, 0.29) is 11.7 Å². The highest BCUT2D eigenvalue weighted by molar-refractivity contribution is 5.68. The molecule has 0 saturated heterocycles. The van der Waals surface area contributed by atoms with Crippen molar-refractivity contribution in [2.24, 2.45) is 11.3 Å². The van der Waals surface area contributed by atoms with Crippen molar-refractivity contribution >= 4 is 11.2 Å². The second-order valence-corrected chi connectivity index (χ2v) is 6.93. The first-order chi connectivity index (χ1) is 9.47. The Labute approximate surface area is 118 Å². The lowest BCUT2D eigenvalue weighted by atomic mass is 9.71. The average molecular weight is 274 g/mol. The molecule has 2 aromatic rings. The molecular weight excluding hydrogens is 252 g/mol. The van der Waals surface area contributed by atoms with Gasteiger partial charge in [0.15, 0.2) is 5.65 Å². The van der Waals surface area contributed by atoms with Crippen LogP contribution in [0.5, 0.6) is 0 Å². The van der Waals surface area contributed by atoms with Crippen LogP contribution in [0.1, 0.15) is 52.5 Å². The maximum Gasteiger partial charge on any atom is 0.327 e. The van der Waals surface area contributed by atoms with Crippen LogP contribution in [-0.2, 0) is 0 Å². The Morgan fingerprint density at radius 1 is 1.25 bits per heavy atom. The molecule has 0 amide bonds. The van der Waals surface area contributed by atoms with Crippen LogP contribution in [0.3, 0.4) is 0 Å². The van der Waals surface area contributed by atoms with Crippen molar-refractivity contribution < 1.29 is 0 Å². The van der Waals surface area contributed by atoms with E-state index >= 15 is 0 Å². The highest BCUT2D eigenvalue weighted by Gasteiger charge is 2.31. The van der Waals surface area contributed by atoms with Gasteiger partial charge in [0.2, 0.25) is 0 Å². The second-order valence-electron chi connectivity index (χ2n) is 6.93. The maximum absolute atomic E-state index is 12.2. The van der Waals surface area contributed by atoms with Crippen molar-refractivity contribution in [3.05, 3.63) is 23.0 Å². The number of hydrogen-bond acceptors (Lipinski definition) is 3. The van der Waals surface area contributed by atoms with Crippen molar-refractivity contribution in [3.8, 4) is 0 Å². The van der Waals surface area contributed by atoms with Crippen molar-refractivity contribution in [2.45, 2.75) is 52.5 Å². The number of nitrogens with one attached hydrogen (secondary N) is 1. The summed E-state index contributed by atoms with van der Waals surface area (Å²) in [7, 11) is 0. The van der Waals surface area contributed by atoms with Crippen molar-refractivity contribution in [2.75, 3.05) is 0 Å². The summed E-state index contributed by atoms with van der Waals surface area (Å²) >= 11 is 0. The molecule has 5 heteroatoms. The topological polar surface area (TPSA) is 63.6 Å². The third-order valence-corrected chi connectivity index (χ3v) is 4.67. The predicted octanol–water partition coefficient (Wildman–Crippen LogP) is 2.90. The normalized spacial score (nSPS) is 24.1. The van der Waals surface area contributed by atoms with E-state index in [0.717, 1.165) is 29.9 Å². The van der Waals surface area contributed by atoms with E-state index in [4.69, 9.17) is 0 Å². The molecule has 0 spiro atoms. The molecule has 1 fully saturated rings. The predicted molar refractivity (Wildman–Crippen MR) is 78.6 cm³/mol. The van der Waals surface area contributed by atoms with Gasteiger partial charge in [-0.1, -0.05) is 20.8 Å². The molecule has 0 radical (unpaired) electrons. The molecular formula is C15H22N4O. The average Bonchev–Trinajstić information content (AvgIpc) is 2.73. The van der Waals surface area contributed by atoms with Crippen LogP contribution in [0.2, 0.25) is 0 Å². The summed E-state index contributed by atoms with van der Waals surface area (Å²) in [5, 5.41) is 0. The zero-order chi connectivity index (χ0) is 14.3. The molecule has 0 bridgehead atoms. The molecule has 0 aliphatic heterocycles. The number of H-pyrrole nitrogens is 1. The Morgan fingerprint density at radius 2 is 1.95 bits per heavy atom. The van der Waals surface area contributed by atoms with Gasteiger partial charge in [-0.3, -0.25) is 4.57 Å². The SMILES string of the molecule is CC(C)(C)C1CCC(n2c(=O)[nH]c3cncnc32)CC1. The Kier molecular flexibility index (Phi) is 3.15. The van der Waals surface area contributed by atoms with Crippen LogP contribution in [-0.4, -0.2) is 19.5 Å².